The summed E-state index contributed by atoms with van der Waals surface area (Å²) < 4.78 is 23.2. The Balaban J connectivity index is 1.24. The number of hydrogen-bond acceptors (Lipinski definition) is 6. The summed E-state index contributed by atoms with van der Waals surface area (Å²) in [5.74, 6) is 1.96. The molecule has 43 heavy (non-hydrogen) atoms. The molecule has 0 saturated carbocycles. The number of hydrogen-bond donors (Lipinski definition) is 2. The van der Waals surface area contributed by atoms with Gasteiger partial charge in [-0.1, -0.05) is 36.4 Å². The Morgan fingerprint density at radius 1 is 1.00 bits per heavy atom. The molecular weight excluding hydrogens is 546 g/mol. The number of nitrogens with zero attached hydrogens (tertiary/aromatic N) is 1. The number of benzene rings is 3. The number of nitrogens with one attached hydrogen (secondary N) is 2. The van der Waals surface area contributed by atoms with Gasteiger partial charge in [-0.3, -0.25) is 9.59 Å². The molecule has 2 amide bonds. The number of aromatic amines is 1. The van der Waals surface area contributed by atoms with E-state index >= 15 is 0 Å². The molecule has 0 spiro atoms. The highest BCUT2D eigenvalue weighted by Gasteiger charge is 2.32. The molecule has 1 unspecified atom stereocenters. The van der Waals surface area contributed by atoms with E-state index in [1.54, 1.807) is 19.1 Å². The standard InChI is InChI=1S/C34H37N3O6/c1-40-29-12-11-22-17-28-26(25-8-3-4-9-27(25)36-28)13-14-35-32(38)20-37(15-6-16-42-31(29)18-22)34(39)24-19-23-7-5-10-30(41-2)33(23)43-21-24/h3-5,7-12,18,24,36H,6,13-17,19-21H2,1-2H3,(H,35,38). The minimum atomic E-state index is -0.399. The summed E-state index contributed by atoms with van der Waals surface area (Å²) in [6, 6.07) is 19.9. The highest BCUT2D eigenvalue weighted by atomic mass is 16.5. The van der Waals surface area contributed by atoms with E-state index in [1.165, 1.54) is 5.56 Å². The fourth-order valence-electron chi connectivity index (χ4n) is 6.07. The first kappa shape index (κ1) is 28.5. The lowest BCUT2D eigenvalue weighted by Gasteiger charge is -2.30. The summed E-state index contributed by atoms with van der Waals surface area (Å²) in [5, 5.41) is 4.20. The van der Waals surface area contributed by atoms with Crippen LogP contribution in [-0.4, -0.2) is 68.8 Å². The second kappa shape index (κ2) is 12.7. The number of para-hydroxylation sites is 2. The number of H-pyrrole nitrogens is 1. The average Bonchev–Trinajstić information content (AvgIpc) is 3.37. The highest BCUT2D eigenvalue weighted by molar-refractivity contribution is 5.87. The predicted octanol–water partition coefficient (Wildman–Crippen LogP) is 4.30. The number of carbonyl (C=O) groups excluding carboxylic acids is 2. The molecule has 224 valence electrons. The molecule has 2 aliphatic heterocycles. The van der Waals surface area contributed by atoms with Gasteiger partial charge in [0.25, 0.3) is 0 Å². The molecule has 2 bridgehead atoms. The number of amides is 2. The molecular formula is C34H37N3O6. The number of carbonyl (C=O) groups is 2. The van der Waals surface area contributed by atoms with Gasteiger partial charge in [0.2, 0.25) is 11.8 Å². The summed E-state index contributed by atoms with van der Waals surface area (Å²) in [4.78, 5) is 32.2. The second-order valence-corrected chi connectivity index (χ2v) is 11.0. The topological polar surface area (TPSA) is 102 Å². The average molecular weight is 584 g/mol. The van der Waals surface area contributed by atoms with Crippen LogP contribution in [0.1, 0.15) is 28.8 Å². The number of methoxy groups -OCH3 is 2. The third-order valence-corrected chi connectivity index (χ3v) is 8.21. The van der Waals surface area contributed by atoms with Gasteiger partial charge in [-0.2, -0.15) is 0 Å². The quantitative estimate of drug-likeness (QED) is 0.373. The van der Waals surface area contributed by atoms with Crippen molar-refractivity contribution in [3.8, 4) is 23.0 Å². The lowest BCUT2D eigenvalue weighted by atomic mass is 9.95. The molecule has 0 radical (unpaired) electrons. The van der Waals surface area contributed by atoms with Crippen molar-refractivity contribution in [2.75, 3.05) is 47.1 Å². The third kappa shape index (κ3) is 6.11. The first-order valence-electron chi connectivity index (χ1n) is 14.8. The van der Waals surface area contributed by atoms with Crippen LogP contribution in [0.2, 0.25) is 0 Å². The number of fused-ring (bicyclic) bond motifs is 6. The van der Waals surface area contributed by atoms with Crippen LogP contribution in [0.5, 0.6) is 23.0 Å². The van der Waals surface area contributed by atoms with E-state index in [-0.39, 0.29) is 25.0 Å². The van der Waals surface area contributed by atoms with Gasteiger partial charge in [-0.25, -0.2) is 0 Å². The van der Waals surface area contributed by atoms with E-state index in [4.69, 9.17) is 18.9 Å². The van der Waals surface area contributed by atoms with Gasteiger partial charge >= 0.3 is 0 Å². The van der Waals surface area contributed by atoms with E-state index in [0.29, 0.717) is 68.4 Å². The molecule has 4 aromatic rings. The first-order valence-corrected chi connectivity index (χ1v) is 14.8. The summed E-state index contributed by atoms with van der Waals surface area (Å²) in [6.07, 6.45) is 2.43. The van der Waals surface area contributed by atoms with Crippen LogP contribution >= 0.6 is 0 Å². The van der Waals surface area contributed by atoms with Gasteiger partial charge in [0.15, 0.2) is 23.0 Å². The number of ether oxygens (including phenoxy) is 4. The molecule has 1 atom stereocenters. The van der Waals surface area contributed by atoms with Crippen LogP contribution in [0.4, 0.5) is 0 Å². The first-order chi connectivity index (χ1) is 21.0. The van der Waals surface area contributed by atoms with E-state index in [2.05, 4.69) is 22.4 Å². The lowest BCUT2D eigenvalue weighted by Crippen LogP contribution is -2.46. The van der Waals surface area contributed by atoms with Gasteiger partial charge in [-0.05, 0) is 60.2 Å². The second-order valence-electron chi connectivity index (χ2n) is 11.0. The fourth-order valence-corrected chi connectivity index (χ4v) is 6.07. The van der Waals surface area contributed by atoms with Crippen LogP contribution in [0.3, 0.4) is 0 Å². The molecule has 0 fully saturated rings. The van der Waals surface area contributed by atoms with E-state index < -0.39 is 5.92 Å². The van der Waals surface area contributed by atoms with E-state index in [0.717, 1.165) is 27.7 Å². The van der Waals surface area contributed by atoms with Crippen LogP contribution < -0.4 is 24.3 Å². The summed E-state index contributed by atoms with van der Waals surface area (Å²) in [5.41, 5.74) is 5.35. The van der Waals surface area contributed by atoms with Crippen molar-refractivity contribution in [2.45, 2.75) is 25.7 Å². The fraction of sp³-hybridized carbons (Fsp3) is 0.353. The summed E-state index contributed by atoms with van der Waals surface area (Å²) in [7, 11) is 3.23. The monoisotopic (exact) mass is 583 g/mol. The van der Waals surface area contributed by atoms with Crippen molar-refractivity contribution in [2.24, 2.45) is 5.92 Å². The Morgan fingerprint density at radius 3 is 2.72 bits per heavy atom. The summed E-state index contributed by atoms with van der Waals surface area (Å²) in [6.45, 7) is 1.41. The Labute approximate surface area is 251 Å². The molecule has 9 heteroatoms. The van der Waals surface area contributed by atoms with Crippen molar-refractivity contribution in [3.05, 3.63) is 83.0 Å². The van der Waals surface area contributed by atoms with Crippen LogP contribution in [-0.2, 0) is 28.9 Å². The minimum absolute atomic E-state index is 0.0279. The maximum Gasteiger partial charge on any atom is 0.239 e. The van der Waals surface area contributed by atoms with Crippen molar-refractivity contribution in [1.29, 1.82) is 0 Å². The molecule has 2 N–H and O–H groups in total. The Morgan fingerprint density at radius 2 is 1.86 bits per heavy atom. The zero-order valence-electron chi connectivity index (χ0n) is 24.6. The minimum Gasteiger partial charge on any atom is -0.493 e. The van der Waals surface area contributed by atoms with Crippen molar-refractivity contribution < 1.29 is 28.5 Å². The maximum absolute atomic E-state index is 13.8. The molecule has 0 saturated heterocycles. The molecule has 6 rings (SSSR count). The van der Waals surface area contributed by atoms with Gasteiger partial charge in [0.05, 0.1) is 33.3 Å². The summed E-state index contributed by atoms with van der Waals surface area (Å²) >= 11 is 0. The van der Waals surface area contributed by atoms with Crippen molar-refractivity contribution in [1.82, 2.24) is 15.2 Å². The molecule has 3 heterocycles. The lowest BCUT2D eigenvalue weighted by molar-refractivity contribution is -0.140. The molecule has 1 aromatic heterocycles. The molecule has 0 aliphatic carbocycles. The Kier molecular flexibility index (Phi) is 8.40. The van der Waals surface area contributed by atoms with Crippen molar-refractivity contribution in [3.63, 3.8) is 0 Å². The normalized spacial score (nSPS) is 17.6. The molecule has 3 aromatic carbocycles. The van der Waals surface area contributed by atoms with Gasteiger partial charge in [0.1, 0.15) is 6.61 Å². The Hall–Kier alpha value is -4.66. The van der Waals surface area contributed by atoms with Gasteiger partial charge in [0, 0.05) is 36.1 Å². The smallest absolute Gasteiger partial charge is 0.239 e. The SMILES string of the molecule is COc1ccc2cc1OCCCN(C(=O)C1COc3c(cccc3OC)C1)CC(=O)NCCc1c([nH]c3ccccc13)C2. The van der Waals surface area contributed by atoms with Gasteiger partial charge < -0.3 is 34.1 Å². The zero-order chi connectivity index (χ0) is 29.8. The number of rotatable bonds is 3. The third-order valence-electron chi connectivity index (χ3n) is 8.21. The van der Waals surface area contributed by atoms with E-state index in [9.17, 15) is 9.59 Å². The van der Waals surface area contributed by atoms with Crippen molar-refractivity contribution >= 4 is 22.7 Å². The Bertz CT molecular complexity index is 1630. The van der Waals surface area contributed by atoms with Crippen LogP contribution in [0.15, 0.2) is 60.7 Å². The van der Waals surface area contributed by atoms with E-state index in [1.807, 2.05) is 48.5 Å². The zero-order valence-corrected chi connectivity index (χ0v) is 24.6. The highest BCUT2D eigenvalue weighted by Crippen LogP contribution is 2.36. The predicted molar refractivity (Wildman–Crippen MR) is 163 cm³/mol. The van der Waals surface area contributed by atoms with Gasteiger partial charge in [-0.15, -0.1) is 0 Å². The van der Waals surface area contributed by atoms with Crippen LogP contribution in [0.25, 0.3) is 10.9 Å². The largest absolute Gasteiger partial charge is 0.493 e. The molecule has 9 nitrogen and oxygen atoms in total. The maximum atomic E-state index is 13.8. The molecule has 2 aliphatic rings. The van der Waals surface area contributed by atoms with Crippen LogP contribution in [0, 0.1) is 5.92 Å². The number of aromatic nitrogens is 1.